The molecule has 25 heavy (non-hydrogen) atoms. The average Bonchev–Trinajstić information content (AvgIpc) is 2.79. The van der Waals surface area contributed by atoms with Crippen LogP contribution in [0.2, 0.25) is 0 Å². The first-order valence-electron chi connectivity index (χ1n) is 9.39. The number of hydrogen-bond acceptors (Lipinski definition) is 3. The van der Waals surface area contributed by atoms with Gasteiger partial charge in [0.1, 0.15) is 0 Å². The summed E-state index contributed by atoms with van der Waals surface area (Å²) < 4.78 is 5.86. The number of rotatable bonds is 5. The lowest BCUT2D eigenvalue weighted by molar-refractivity contribution is -0.0871. The molecule has 2 aliphatic heterocycles. The van der Waals surface area contributed by atoms with Gasteiger partial charge in [-0.1, -0.05) is 26.0 Å². The number of amides is 2. The summed E-state index contributed by atoms with van der Waals surface area (Å²) >= 11 is 0. The van der Waals surface area contributed by atoms with Gasteiger partial charge >= 0.3 is 0 Å². The first kappa shape index (κ1) is 18.1. The monoisotopic (exact) mass is 343 g/mol. The maximum atomic E-state index is 12.6. The van der Waals surface area contributed by atoms with E-state index in [9.17, 15) is 9.59 Å². The topological polar surface area (TPSA) is 46.6 Å². The smallest absolute Gasteiger partial charge is 0.261 e. The zero-order chi connectivity index (χ0) is 18.2. The van der Waals surface area contributed by atoms with Crippen molar-refractivity contribution in [2.45, 2.75) is 52.6 Å². The normalized spacial score (nSPS) is 23.9. The van der Waals surface area contributed by atoms with E-state index in [-0.39, 0.29) is 17.4 Å². The highest BCUT2D eigenvalue weighted by molar-refractivity contribution is 6.21. The summed E-state index contributed by atoms with van der Waals surface area (Å²) in [4.78, 5) is 26.5. The maximum Gasteiger partial charge on any atom is 0.261 e. The molecule has 1 aromatic rings. The Labute approximate surface area is 150 Å². The van der Waals surface area contributed by atoms with Crippen molar-refractivity contribution in [3.63, 3.8) is 0 Å². The van der Waals surface area contributed by atoms with Crippen molar-refractivity contribution in [2.75, 3.05) is 13.2 Å². The first-order chi connectivity index (χ1) is 11.8. The Morgan fingerprint density at radius 2 is 1.76 bits per heavy atom. The number of carbonyl (C=O) groups is 2. The molecule has 2 unspecified atom stereocenters. The van der Waals surface area contributed by atoms with Gasteiger partial charge in [0.15, 0.2) is 0 Å². The summed E-state index contributed by atoms with van der Waals surface area (Å²) in [6, 6.07) is 7.12. The van der Waals surface area contributed by atoms with Crippen molar-refractivity contribution in [1.82, 2.24) is 4.90 Å². The van der Waals surface area contributed by atoms with Gasteiger partial charge in [0.2, 0.25) is 0 Å². The zero-order valence-corrected chi connectivity index (χ0v) is 15.7. The minimum Gasteiger partial charge on any atom is -0.376 e. The highest BCUT2D eigenvalue weighted by Crippen LogP contribution is 2.38. The number of imide groups is 1. The Morgan fingerprint density at radius 1 is 1.16 bits per heavy atom. The lowest BCUT2D eigenvalue weighted by atomic mass is 9.73. The molecule has 4 heteroatoms. The molecular formula is C21H29NO3. The highest BCUT2D eigenvalue weighted by Gasteiger charge is 2.38. The molecule has 1 aromatic carbocycles. The van der Waals surface area contributed by atoms with Crippen LogP contribution in [0.15, 0.2) is 24.3 Å². The molecule has 136 valence electrons. The Balaban J connectivity index is 1.69. The summed E-state index contributed by atoms with van der Waals surface area (Å²) in [6.07, 6.45) is 2.97. The van der Waals surface area contributed by atoms with E-state index in [2.05, 4.69) is 27.7 Å². The summed E-state index contributed by atoms with van der Waals surface area (Å²) in [5, 5.41) is 0. The van der Waals surface area contributed by atoms with E-state index in [4.69, 9.17) is 4.74 Å². The first-order valence-corrected chi connectivity index (χ1v) is 9.39. The summed E-state index contributed by atoms with van der Waals surface area (Å²) in [7, 11) is 0. The van der Waals surface area contributed by atoms with Gasteiger partial charge in [-0.3, -0.25) is 14.5 Å². The SMILES string of the molecule is CC(C)C(CCN1C(=O)c2ccccc2C1=O)C1CCOC(C)(C)C1. The second-order valence-corrected chi connectivity index (χ2v) is 8.37. The van der Waals surface area contributed by atoms with Crippen LogP contribution in [0.1, 0.15) is 67.7 Å². The molecule has 3 rings (SSSR count). The van der Waals surface area contributed by atoms with E-state index in [1.807, 2.05) is 12.1 Å². The van der Waals surface area contributed by atoms with Crippen LogP contribution in [-0.2, 0) is 4.74 Å². The summed E-state index contributed by atoms with van der Waals surface area (Å²) in [6.45, 7) is 10.1. The second kappa shape index (κ2) is 6.91. The number of nitrogens with zero attached hydrogens (tertiary/aromatic N) is 1. The van der Waals surface area contributed by atoms with Crippen LogP contribution in [-0.4, -0.2) is 35.5 Å². The summed E-state index contributed by atoms with van der Waals surface area (Å²) in [5.41, 5.74) is 1.01. The Morgan fingerprint density at radius 3 is 2.28 bits per heavy atom. The quantitative estimate of drug-likeness (QED) is 0.755. The number of carbonyl (C=O) groups excluding carboxylic acids is 2. The fraction of sp³-hybridized carbons (Fsp3) is 0.619. The molecule has 0 bridgehead atoms. The van der Waals surface area contributed by atoms with Gasteiger partial charge in [0.25, 0.3) is 11.8 Å². The van der Waals surface area contributed by atoms with Crippen molar-refractivity contribution in [2.24, 2.45) is 17.8 Å². The van der Waals surface area contributed by atoms with E-state index in [1.165, 1.54) is 4.90 Å². The van der Waals surface area contributed by atoms with Gasteiger partial charge in [-0.05, 0) is 63.0 Å². The van der Waals surface area contributed by atoms with E-state index in [0.29, 0.717) is 35.4 Å². The number of ether oxygens (including phenoxy) is 1. The Hall–Kier alpha value is -1.68. The fourth-order valence-corrected chi connectivity index (χ4v) is 4.48. The van der Waals surface area contributed by atoms with Gasteiger partial charge in [-0.15, -0.1) is 0 Å². The molecule has 2 heterocycles. The number of fused-ring (bicyclic) bond motifs is 1. The second-order valence-electron chi connectivity index (χ2n) is 8.37. The van der Waals surface area contributed by atoms with Crippen LogP contribution >= 0.6 is 0 Å². The van der Waals surface area contributed by atoms with Crippen LogP contribution in [0.4, 0.5) is 0 Å². The van der Waals surface area contributed by atoms with Gasteiger partial charge in [-0.25, -0.2) is 0 Å². The lowest BCUT2D eigenvalue weighted by Gasteiger charge is -2.41. The molecule has 1 fully saturated rings. The number of hydrogen-bond donors (Lipinski definition) is 0. The third kappa shape index (κ3) is 3.64. The van der Waals surface area contributed by atoms with Gasteiger partial charge in [0, 0.05) is 13.2 Å². The molecule has 0 radical (unpaired) electrons. The van der Waals surface area contributed by atoms with Gasteiger partial charge in [0.05, 0.1) is 16.7 Å². The number of benzene rings is 1. The van der Waals surface area contributed by atoms with Crippen molar-refractivity contribution < 1.29 is 14.3 Å². The van der Waals surface area contributed by atoms with E-state index >= 15 is 0 Å². The van der Waals surface area contributed by atoms with Crippen LogP contribution < -0.4 is 0 Å². The lowest BCUT2D eigenvalue weighted by Crippen LogP contribution is -2.39. The van der Waals surface area contributed by atoms with Crippen molar-refractivity contribution >= 4 is 11.8 Å². The largest absolute Gasteiger partial charge is 0.376 e. The molecule has 2 aliphatic rings. The average molecular weight is 343 g/mol. The van der Waals surface area contributed by atoms with Crippen molar-refractivity contribution in [1.29, 1.82) is 0 Å². The van der Waals surface area contributed by atoms with Gasteiger partial charge in [-0.2, -0.15) is 0 Å². The molecule has 4 nitrogen and oxygen atoms in total. The fourth-order valence-electron chi connectivity index (χ4n) is 4.48. The third-order valence-corrected chi connectivity index (χ3v) is 5.76. The highest BCUT2D eigenvalue weighted by atomic mass is 16.5. The minimum atomic E-state index is -0.143. The summed E-state index contributed by atoms with van der Waals surface area (Å²) in [5.74, 6) is 1.31. The molecule has 2 amide bonds. The van der Waals surface area contributed by atoms with E-state index in [0.717, 1.165) is 25.9 Å². The molecule has 0 saturated carbocycles. The Bertz CT molecular complexity index is 630. The molecule has 0 aromatic heterocycles. The predicted molar refractivity (Wildman–Crippen MR) is 97.5 cm³/mol. The molecule has 1 saturated heterocycles. The van der Waals surface area contributed by atoms with Crippen LogP contribution in [0, 0.1) is 17.8 Å². The molecule has 0 N–H and O–H groups in total. The molecule has 0 spiro atoms. The molecular weight excluding hydrogens is 314 g/mol. The standard InChI is InChI=1S/C21H29NO3/c1-14(2)16(15-10-12-25-21(3,4)13-15)9-11-22-19(23)17-7-5-6-8-18(17)20(22)24/h5-8,14-16H,9-13H2,1-4H3. The van der Waals surface area contributed by atoms with Crippen LogP contribution in [0.5, 0.6) is 0 Å². The maximum absolute atomic E-state index is 12.6. The van der Waals surface area contributed by atoms with Crippen LogP contribution in [0.25, 0.3) is 0 Å². The third-order valence-electron chi connectivity index (χ3n) is 5.76. The predicted octanol–water partition coefficient (Wildman–Crippen LogP) is 4.15. The minimum absolute atomic E-state index is 0.0778. The zero-order valence-electron chi connectivity index (χ0n) is 15.7. The van der Waals surface area contributed by atoms with Crippen molar-refractivity contribution in [3.8, 4) is 0 Å². The van der Waals surface area contributed by atoms with Crippen molar-refractivity contribution in [3.05, 3.63) is 35.4 Å². The molecule has 0 aliphatic carbocycles. The van der Waals surface area contributed by atoms with E-state index < -0.39 is 0 Å². The van der Waals surface area contributed by atoms with Gasteiger partial charge < -0.3 is 4.74 Å². The van der Waals surface area contributed by atoms with Crippen LogP contribution in [0.3, 0.4) is 0 Å². The Kier molecular flexibility index (Phi) is 5.01. The molecule has 2 atom stereocenters. The van der Waals surface area contributed by atoms with E-state index in [1.54, 1.807) is 12.1 Å².